The second kappa shape index (κ2) is 4.03. The highest BCUT2D eigenvalue weighted by atomic mass is 16.3. The Bertz CT molecular complexity index is 226. The molecule has 1 saturated carbocycles. The van der Waals surface area contributed by atoms with Crippen molar-refractivity contribution in [2.75, 3.05) is 6.54 Å². The predicted molar refractivity (Wildman–Crippen MR) is 57.8 cm³/mol. The van der Waals surface area contributed by atoms with E-state index in [9.17, 15) is 5.11 Å². The molecule has 0 saturated heterocycles. The summed E-state index contributed by atoms with van der Waals surface area (Å²) < 4.78 is 0. The summed E-state index contributed by atoms with van der Waals surface area (Å²) in [6.45, 7) is 0.642. The second-order valence-electron chi connectivity index (χ2n) is 4.81. The normalized spacial score (nSPS) is 43.0. The molecule has 1 fully saturated rings. The lowest BCUT2D eigenvalue weighted by molar-refractivity contribution is 0.0226. The quantitative estimate of drug-likeness (QED) is 0.660. The fraction of sp³-hybridized carbons (Fsp3) is 0.833. The number of hydrogen-bond acceptors (Lipinski definition) is 2. The highest BCUT2D eigenvalue weighted by molar-refractivity contribution is 5.07. The van der Waals surface area contributed by atoms with E-state index < -0.39 is 0 Å². The molecule has 0 bridgehead atoms. The summed E-state index contributed by atoms with van der Waals surface area (Å²) in [5, 5.41) is 10.1. The molecule has 3 atom stereocenters. The van der Waals surface area contributed by atoms with Crippen LogP contribution in [0.2, 0.25) is 0 Å². The minimum atomic E-state index is -0.166. The molecule has 0 radical (unpaired) electrons. The molecule has 3 unspecified atom stereocenters. The first-order chi connectivity index (χ1) is 6.79. The first-order valence-electron chi connectivity index (χ1n) is 5.84. The summed E-state index contributed by atoms with van der Waals surface area (Å²) in [6, 6.07) is 0. The van der Waals surface area contributed by atoms with Gasteiger partial charge in [0.2, 0.25) is 0 Å². The van der Waals surface area contributed by atoms with E-state index in [-0.39, 0.29) is 11.5 Å². The van der Waals surface area contributed by atoms with Gasteiger partial charge >= 0.3 is 0 Å². The molecule has 2 heteroatoms. The highest BCUT2D eigenvalue weighted by Gasteiger charge is 2.45. The third kappa shape index (κ3) is 1.51. The third-order valence-corrected chi connectivity index (χ3v) is 4.16. The van der Waals surface area contributed by atoms with Crippen molar-refractivity contribution in [2.45, 2.75) is 44.6 Å². The summed E-state index contributed by atoms with van der Waals surface area (Å²) in [4.78, 5) is 0. The monoisotopic (exact) mass is 195 g/mol. The van der Waals surface area contributed by atoms with Gasteiger partial charge in [0.1, 0.15) is 0 Å². The van der Waals surface area contributed by atoms with E-state index in [1.165, 1.54) is 19.3 Å². The lowest BCUT2D eigenvalue weighted by Gasteiger charge is -2.39. The molecule has 2 aliphatic carbocycles. The van der Waals surface area contributed by atoms with Gasteiger partial charge in [0.05, 0.1) is 6.10 Å². The van der Waals surface area contributed by atoms with E-state index in [0.717, 1.165) is 19.3 Å². The highest BCUT2D eigenvalue weighted by Crippen LogP contribution is 2.47. The van der Waals surface area contributed by atoms with Crippen LogP contribution < -0.4 is 5.73 Å². The SMILES string of the molecule is NCC1(C2C=CCCC2)CCCC1O. The zero-order valence-corrected chi connectivity index (χ0v) is 8.78. The topological polar surface area (TPSA) is 46.2 Å². The number of aliphatic hydroxyl groups excluding tert-OH is 1. The Morgan fingerprint density at radius 3 is 2.71 bits per heavy atom. The molecule has 0 aliphatic heterocycles. The van der Waals surface area contributed by atoms with Crippen LogP contribution in [0.3, 0.4) is 0 Å². The van der Waals surface area contributed by atoms with Gasteiger partial charge in [-0.15, -0.1) is 0 Å². The van der Waals surface area contributed by atoms with E-state index >= 15 is 0 Å². The lowest BCUT2D eigenvalue weighted by Crippen LogP contribution is -2.43. The Kier molecular flexibility index (Phi) is 2.93. The van der Waals surface area contributed by atoms with Crippen LogP contribution in [-0.2, 0) is 0 Å². The van der Waals surface area contributed by atoms with Crippen molar-refractivity contribution in [3.8, 4) is 0 Å². The average Bonchev–Trinajstić information content (AvgIpc) is 2.62. The van der Waals surface area contributed by atoms with Crippen LogP contribution in [0.15, 0.2) is 12.2 Å². The van der Waals surface area contributed by atoms with Crippen molar-refractivity contribution in [1.29, 1.82) is 0 Å². The van der Waals surface area contributed by atoms with E-state index in [1.807, 2.05) is 0 Å². The maximum atomic E-state index is 10.1. The molecular formula is C12H21NO. The van der Waals surface area contributed by atoms with Gasteiger partial charge in [-0.25, -0.2) is 0 Å². The lowest BCUT2D eigenvalue weighted by atomic mass is 9.69. The molecule has 2 rings (SSSR count). The number of allylic oxidation sites excluding steroid dienone is 2. The minimum absolute atomic E-state index is 0.0108. The maximum absolute atomic E-state index is 10.1. The Hall–Kier alpha value is -0.340. The Morgan fingerprint density at radius 1 is 1.36 bits per heavy atom. The fourth-order valence-electron chi connectivity index (χ4n) is 3.19. The second-order valence-corrected chi connectivity index (χ2v) is 4.81. The molecule has 0 aromatic rings. The number of rotatable bonds is 2. The van der Waals surface area contributed by atoms with E-state index in [4.69, 9.17) is 5.73 Å². The molecule has 2 nitrogen and oxygen atoms in total. The van der Waals surface area contributed by atoms with Gasteiger partial charge in [-0.2, -0.15) is 0 Å². The molecule has 0 spiro atoms. The van der Waals surface area contributed by atoms with Crippen LogP contribution in [0.5, 0.6) is 0 Å². The Balaban J connectivity index is 2.18. The largest absolute Gasteiger partial charge is 0.392 e. The number of hydrogen-bond donors (Lipinski definition) is 2. The summed E-state index contributed by atoms with van der Waals surface area (Å²) >= 11 is 0. The standard InChI is InChI=1S/C12H21NO/c13-9-12(8-4-7-11(12)14)10-5-2-1-3-6-10/h2,5,10-11,14H,1,3-4,6-9,13H2. The summed E-state index contributed by atoms with van der Waals surface area (Å²) in [5.74, 6) is 0.527. The Labute approximate surface area is 86.2 Å². The van der Waals surface area contributed by atoms with E-state index in [1.54, 1.807) is 0 Å². The smallest absolute Gasteiger partial charge is 0.0614 e. The zero-order chi connectivity index (χ0) is 10.0. The first-order valence-corrected chi connectivity index (χ1v) is 5.84. The fourth-order valence-corrected chi connectivity index (χ4v) is 3.19. The molecule has 80 valence electrons. The summed E-state index contributed by atoms with van der Waals surface area (Å²) in [7, 11) is 0. The summed E-state index contributed by atoms with van der Waals surface area (Å²) in [5.41, 5.74) is 5.91. The van der Waals surface area contributed by atoms with Gasteiger partial charge in [-0.1, -0.05) is 18.6 Å². The number of nitrogens with two attached hydrogens (primary N) is 1. The van der Waals surface area contributed by atoms with Gasteiger partial charge in [0.25, 0.3) is 0 Å². The van der Waals surface area contributed by atoms with Gasteiger partial charge in [-0.05, 0) is 38.0 Å². The minimum Gasteiger partial charge on any atom is -0.392 e. The van der Waals surface area contributed by atoms with E-state index in [0.29, 0.717) is 12.5 Å². The van der Waals surface area contributed by atoms with Crippen LogP contribution in [0.1, 0.15) is 38.5 Å². The predicted octanol–water partition coefficient (Wildman–Crippen LogP) is 1.83. The molecular weight excluding hydrogens is 174 g/mol. The summed E-state index contributed by atoms with van der Waals surface area (Å²) in [6.07, 6.45) is 11.3. The molecule has 0 aromatic heterocycles. The van der Waals surface area contributed by atoms with Crippen molar-refractivity contribution in [1.82, 2.24) is 0 Å². The molecule has 0 amide bonds. The van der Waals surface area contributed by atoms with Crippen molar-refractivity contribution < 1.29 is 5.11 Å². The van der Waals surface area contributed by atoms with Gasteiger partial charge in [-0.3, -0.25) is 0 Å². The third-order valence-electron chi connectivity index (χ3n) is 4.16. The molecule has 0 heterocycles. The maximum Gasteiger partial charge on any atom is 0.0614 e. The van der Waals surface area contributed by atoms with Crippen molar-refractivity contribution in [3.05, 3.63) is 12.2 Å². The van der Waals surface area contributed by atoms with Crippen LogP contribution in [0, 0.1) is 11.3 Å². The van der Waals surface area contributed by atoms with Crippen LogP contribution in [-0.4, -0.2) is 17.8 Å². The van der Waals surface area contributed by atoms with Crippen LogP contribution in [0.4, 0.5) is 0 Å². The average molecular weight is 195 g/mol. The van der Waals surface area contributed by atoms with Crippen LogP contribution in [0.25, 0.3) is 0 Å². The zero-order valence-electron chi connectivity index (χ0n) is 8.78. The molecule has 0 aromatic carbocycles. The molecule has 14 heavy (non-hydrogen) atoms. The van der Waals surface area contributed by atoms with Gasteiger partial charge in [0, 0.05) is 12.0 Å². The first kappa shape index (κ1) is 10.2. The van der Waals surface area contributed by atoms with Gasteiger partial charge in [0.15, 0.2) is 0 Å². The van der Waals surface area contributed by atoms with Crippen molar-refractivity contribution >= 4 is 0 Å². The van der Waals surface area contributed by atoms with Gasteiger partial charge < -0.3 is 10.8 Å². The molecule has 3 N–H and O–H groups in total. The van der Waals surface area contributed by atoms with Crippen molar-refractivity contribution in [3.63, 3.8) is 0 Å². The number of aliphatic hydroxyl groups is 1. The molecule has 2 aliphatic rings. The van der Waals surface area contributed by atoms with E-state index in [2.05, 4.69) is 12.2 Å². The van der Waals surface area contributed by atoms with Crippen LogP contribution >= 0.6 is 0 Å². The van der Waals surface area contributed by atoms with Crippen molar-refractivity contribution in [2.24, 2.45) is 17.1 Å². The Morgan fingerprint density at radius 2 is 2.21 bits per heavy atom.